The lowest BCUT2D eigenvalue weighted by molar-refractivity contribution is -0.137. The molecule has 2 fully saturated rings. The second kappa shape index (κ2) is 7.68. The third-order valence-corrected chi connectivity index (χ3v) is 7.53. The van der Waals surface area contributed by atoms with Crippen molar-refractivity contribution in [3.05, 3.63) is 76.3 Å². The van der Waals surface area contributed by atoms with Crippen molar-refractivity contribution in [2.24, 2.45) is 11.8 Å². The van der Waals surface area contributed by atoms with Crippen LogP contribution in [0, 0.1) is 23.2 Å². The first kappa shape index (κ1) is 22.3. The second-order valence-electron chi connectivity index (χ2n) is 9.46. The molecule has 2 aromatic carbocycles. The van der Waals surface area contributed by atoms with Gasteiger partial charge >= 0.3 is 12.3 Å². The molecule has 2 N–H and O–H groups in total. The minimum Gasteiger partial charge on any atom is -0.494 e. The van der Waals surface area contributed by atoms with E-state index < -0.39 is 35.3 Å². The van der Waals surface area contributed by atoms with Crippen molar-refractivity contribution >= 4 is 6.09 Å². The van der Waals surface area contributed by atoms with Gasteiger partial charge in [0.2, 0.25) is 11.8 Å². The number of halogens is 3. The van der Waals surface area contributed by atoms with E-state index in [1.54, 1.807) is 4.90 Å². The van der Waals surface area contributed by atoms with Crippen LogP contribution in [-0.4, -0.2) is 32.3 Å². The summed E-state index contributed by atoms with van der Waals surface area (Å²) in [6, 6.07) is 13.2. The van der Waals surface area contributed by atoms with E-state index in [2.05, 4.69) is 0 Å². The zero-order valence-electron chi connectivity index (χ0n) is 18.7. The number of ether oxygens (including phenoxy) is 1. The number of alkyl halides is 3. The molecule has 1 amide bonds. The molecule has 184 valence electrons. The highest BCUT2D eigenvalue weighted by Crippen LogP contribution is 2.69. The van der Waals surface area contributed by atoms with Gasteiger partial charge in [-0.15, -0.1) is 0 Å². The lowest BCUT2D eigenvalue weighted by Gasteiger charge is -2.43. The Balaban J connectivity index is 1.38. The fraction of sp³-hybridized carbons (Fsp3) is 0.308. The van der Waals surface area contributed by atoms with Crippen LogP contribution in [0.25, 0.3) is 5.69 Å². The lowest BCUT2D eigenvalue weighted by Crippen LogP contribution is -2.46. The number of benzene rings is 2. The molecule has 4 atom stereocenters. The van der Waals surface area contributed by atoms with Gasteiger partial charge in [0, 0.05) is 23.6 Å². The largest absolute Gasteiger partial charge is 0.494 e. The molecule has 7 rings (SSSR count). The molecule has 1 saturated carbocycles. The summed E-state index contributed by atoms with van der Waals surface area (Å²) in [5.74, 6) is -0.743. The second-order valence-corrected chi connectivity index (χ2v) is 9.46. The van der Waals surface area contributed by atoms with Gasteiger partial charge in [0.15, 0.2) is 0 Å². The maximum absolute atomic E-state index is 13.5. The lowest BCUT2D eigenvalue weighted by atomic mass is 9.76. The number of rotatable bonds is 3. The quantitative estimate of drug-likeness (QED) is 0.520. The molecule has 1 aromatic heterocycles. The van der Waals surface area contributed by atoms with E-state index in [1.165, 1.54) is 12.1 Å². The molecule has 3 aromatic rings. The van der Waals surface area contributed by atoms with Crippen LogP contribution in [-0.2, 0) is 17.5 Å². The molecule has 0 radical (unpaired) electrons. The average Bonchev–Trinajstić information content (AvgIpc) is 3.64. The Hall–Kier alpha value is -4.13. The van der Waals surface area contributed by atoms with Crippen LogP contribution in [0.1, 0.15) is 46.2 Å². The highest BCUT2D eigenvalue weighted by atomic mass is 19.4. The first-order valence-electron chi connectivity index (χ1n) is 11.5. The predicted octanol–water partition coefficient (Wildman–Crippen LogP) is 5.21. The molecule has 0 spiro atoms. The summed E-state index contributed by atoms with van der Waals surface area (Å²) in [6.07, 6.45) is -4.52. The minimum atomic E-state index is -4.79. The fourth-order valence-electron chi connectivity index (χ4n) is 5.91. The van der Waals surface area contributed by atoms with Gasteiger partial charge in [0.1, 0.15) is 6.61 Å². The highest BCUT2D eigenvalue weighted by Gasteiger charge is 2.63. The van der Waals surface area contributed by atoms with Crippen LogP contribution in [0.5, 0.6) is 11.8 Å². The molecule has 2 aliphatic heterocycles. The predicted molar refractivity (Wildman–Crippen MR) is 119 cm³/mol. The van der Waals surface area contributed by atoms with Crippen LogP contribution in [0.15, 0.2) is 48.5 Å². The molecule has 36 heavy (non-hydrogen) atoms. The van der Waals surface area contributed by atoms with Crippen LogP contribution in [0.2, 0.25) is 0 Å². The Morgan fingerprint density at radius 2 is 1.81 bits per heavy atom. The number of nitriles is 1. The third-order valence-electron chi connectivity index (χ3n) is 7.53. The van der Waals surface area contributed by atoms with Crippen LogP contribution < -0.4 is 0 Å². The Kier molecular flexibility index (Phi) is 4.77. The van der Waals surface area contributed by atoms with Gasteiger partial charge in [-0.3, -0.25) is 4.57 Å². The monoisotopic (exact) mass is 495 g/mol. The summed E-state index contributed by atoms with van der Waals surface area (Å²) < 4.78 is 47.1. The number of aromatic hydroxyl groups is 2. The van der Waals surface area contributed by atoms with E-state index >= 15 is 0 Å². The Morgan fingerprint density at radius 3 is 2.50 bits per heavy atom. The smallest absolute Gasteiger partial charge is 0.417 e. The molecule has 4 aliphatic rings. The molecule has 0 unspecified atom stereocenters. The summed E-state index contributed by atoms with van der Waals surface area (Å²) in [6.45, 7) is 0.364. The minimum absolute atomic E-state index is 0.0772. The van der Waals surface area contributed by atoms with Gasteiger partial charge in [-0.25, -0.2) is 4.79 Å². The third kappa shape index (κ3) is 3.22. The van der Waals surface area contributed by atoms with Crippen molar-refractivity contribution in [1.29, 1.82) is 5.26 Å². The summed E-state index contributed by atoms with van der Waals surface area (Å²) in [5.41, 5.74) is -0.220. The normalized spacial score (nSPS) is 23.6. The molecule has 10 heteroatoms. The fourth-order valence-corrected chi connectivity index (χ4v) is 5.91. The maximum Gasteiger partial charge on any atom is 0.417 e. The first-order valence-corrected chi connectivity index (χ1v) is 11.5. The summed E-state index contributed by atoms with van der Waals surface area (Å²) in [4.78, 5) is 14.6. The number of amides is 1. The molecular formula is C26H20F3N3O4. The molecule has 2 aliphatic carbocycles. The zero-order valence-corrected chi connectivity index (χ0v) is 18.7. The average molecular weight is 495 g/mol. The van der Waals surface area contributed by atoms with E-state index in [4.69, 9.17) is 10.00 Å². The first-order chi connectivity index (χ1) is 17.2. The van der Waals surface area contributed by atoms with Crippen LogP contribution >= 0.6 is 0 Å². The number of fused-ring (bicyclic) bond motifs is 1. The summed E-state index contributed by atoms with van der Waals surface area (Å²) in [5, 5.41) is 31.3. The Morgan fingerprint density at radius 1 is 1.08 bits per heavy atom. The van der Waals surface area contributed by atoms with Crippen molar-refractivity contribution < 1.29 is 32.9 Å². The van der Waals surface area contributed by atoms with E-state index in [1.807, 2.05) is 30.3 Å². The van der Waals surface area contributed by atoms with Gasteiger partial charge in [-0.2, -0.15) is 18.4 Å². The van der Waals surface area contributed by atoms with E-state index in [0.29, 0.717) is 11.1 Å². The maximum atomic E-state index is 13.5. The number of hydrogen-bond donors (Lipinski definition) is 2. The van der Waals surface area contributed by atoms with Crippen LogP contribution in [0.3, 0.4) is 0 Å². The summed E-state index contributed by atoms with van der Waals surface area (Å²) in [7, 11) is 0. The van der Waals surface area contributed by atoms with Crippen molar-refractivity contribution in [3.63, 3.8) is 0 Å². The highest BCUT2D eigenvalue weighted by molar-refractivity contribution is 5.72. The van der Waals surface area contributed by atoms with E-state index in [0.717, 1.165) is 28.7 Å². The SMILES string of the molecule is N#Cc1ccc(-n2c(O)c3c(c2O)[C@@H]2[C@@H]4C[C@@H]4[C@@H]3CN2C(=O)OCc2ccccc2)cc1C(F)(F)F. The van der Waals surface area contributed by atoms with Crippen LogP contribution in [0.4, 0.5) is 18.0 Å². The number of carbonyl (C=O) groups is 1. The van der Waals surface area contributed by atoms with E-state index in [9.17, 15) is 28.2 Å². The number of carbonyl (C=O) groups excluding carboxylic acids is 1. The van der Waals surface area contributed by atoms with Crippen molar-refractivity contribution in [1.82, 2.24) is 9.47 Å². The van der Waals surface area contributed by atoms with Crippen molar-refractivity contribution in [3.8, 4) is 23.5 Å². The van der Waals surface area contributed by atoms with E-state index in [-0.39, 0.29) is 42.5 Å². The van der Waals surface area contributed by atoms with Gasteiger partial charge in [0.05, 0.1) is 28.9 Å². The van der Waals surface area contributed by atoms with Crippen molar-refractivity contribution in [2.45, 2.75) is 31.2 Å². The molecule has 7 nitrogen and oxygen atoms in total. The molecule has 2 bridgehead atoms. The standard InChI is InChI=1S/C26H20F3N3O4/c27-26(28,29)19-8-15(7-6-14(19)10-30)32-23(33)20-18-11-31(22(17-9-16(17)18)21(20)24(32)34)25(35)36-12-13-4-2-1-3-5-13/h1-8,16-18,22,33-34H,9,11-12H2/t16-,17+,18-,22-/m0/s1. The number of aromatic nitrogens is 1. The molecule has 3 heterocycles. The van der Waals surface area contributed by atoms with Gasteiger partial charge in [0.25, 0.3) is 0 Å². The van der Waals surface area contributed by atoms with Gasteiger partial charge in [-0.1, -0.05) is 30.3 Å². The Bertz CT molecular complexity index is 1430. The topological polar surface area (TPSA) is 98.7 Å². The van der Waals surface area contributed by atoms with Gasteiger partial charge in [-0.05, 0) is 42.0 Å². The number of nitrogens with zero attached hydrogens (tertiary/aromatic N) is 3. The van der Waals surface area contributed by atoms with Crippen molar-refractivity contribution in [2.75, 3.05) is 6.54 Å². The van der Waals surface area contributed by atoms with Gasteiger partial charge < -0.3 is 19.8 Å². The Labute approximate surface area is 203 Å². The summed E-state index contributed by atoms with van der Waals surface area (Å²) >= 11 is 0. The molecular weight excluding hydrogens is 475 g/mol. The molecule has 1 saturated heterocycles. The zero-order chi connectivity index (χ0) is 25.4. The number of piperidine rings is 1. The number of hydrogen-bond acceptors (Lipinski definition) is 5.